The Morgan fingerprint density at radius 1 is 1.12 bits per heavy atom. The van der Waals surface area contributed by atoms with Crippen LogP contribution in [0.3, 0.4) is 0 Å². The second-order valence-corrected chi connectivity index (χ2v) is 7.05. The lowest BCUT2D eigenvalue weighted by Crippen LogP contribution is -2.45. The molecule has 3 N–H and O–H groups in total. The molecule has 0 saturated heterocycles. The summed E-state index contributed by atoms with van der Waals surface area (Å²) in [5.74, 6) is -1.04. The third-order valence-electron chi connectivity index (χ3n) is 4.71. The summed E-state index contributed by atoms with van der Waals surface area (Å²) in [4.78, 5) is 36.3. The summed E-state index contributed by atoms with van der Waals surface area (Å²) < 4.78 is 48.7. The molecule has 1 aliphatic heterocycles. The van der Waals surface area contributed by atoms with Crippen molar-refractivity contribution < 1.29 is 37.0 Å². The minimum Gasteiger partial charge on any atom is -0.484 e. The van der Waals surface area contributed by atoms with Crippen LogP contribution in [0.2, 0.25) is 0 Å². The average molecular weight is 463 g/mol. The fraction of sp³-hybridized carbons (Fsp3) is 0.227. The first-order valence-electron chi connectivity index (χ1n) is 9.65. The van der Waals surface area contributed by atoms with Crippen LogP contribution < -0.4 is 20.7 Å². The Bertz CT molecular complexity index is 1110. The van der Waals surface area contributed by atoms with E-state index in [0.717, 1.165) is 12.1 Å². The number of anilines is 1. The molecule has 1 heterocycles. The van der Waals surface area contributed by atoms with Gasteiger partial charge in [0, 0.05) is 11.4 Å². The van der Waals surface area contributed by atoms with E-state index in [-0.39, 0.29) is 17.0 Å². The molecule has 33 heavy (non-hydrogen) atoms. The Hall–Kier alpha value is -4.02. The molecule has 0 aromatic heterocycles. The van der Waals surface area contributed by atoms with Crippen molar-refractivity contribution in [2.45, 2.75) is 19.1 Å². The van der Waals surface area contributed by atoms with Crippen LogP contribution in [0, 0.1) is 0 Å². The van der Waals surface area contributed by atoms with E-state index in [1.807, 2.05) is 0 Å². The van der Waals surface area contributed by atoms with Gasteiger partial charge in [0.25, 0.3) is 5.91 Å². The molecular formula is C22H20F3N3O5. The van der Waals surface area contributed by atoms with Crippen LogP contribution in [-0.2, 0) is 20.5 Å². The largest absolute Gasteiger partial charge is 0.484 e. The number of halogens is 3. The number of methoxy groups -OCH3 is 1. The van der Waals surface area contributed by atoms with Gasteiger partial charge >= 0.3 is 18.2 Å². The molecule has 174 valence electrons. The fourth-order valence-corrected chi connectivity index (χ4v) is 3.23. The minimum atomic E-state index is -4.53. The van der Waals surface area contributed by atoms with E-state index < -0.39 is 42.3 Å². The first kappa shape index (κ1) is 23.6. The van der Waals surface area contributed by atoms with Gasteiger partial charge in [-0.25, -0.2) is 9.59 Å². The van der Waals surface area contributed by atoms with E-state index in [0.29, 0.717) is 11.3 Å². The zero-order valence-electron chi connectivity index (χ0n) is 17.6. The molecule has 0 radical (unpaired) electrons. The molecular weight excluding hydrogens is 443 g/mol. The second-order valence-electron chi connectivity index (χ2n) is 7.05. The van der Waals surface area contributed by atoms with Crippen molar-refractivity contribution in [3.8, 4) is 5.75 Å². The van der Waals surface area contributed by atoms with Gasteiger partial charge < -0.3 is 25.4 Å². The van der Waals surface area contributed by atoms with Crippen LogP contribution in [0.25, 0.3) is 0 Å². The molecule has 3 amide bonds. The minimum absolute atomic E-state index is 0.0204. The number of benzene rings is 2. The molecule has 0 saturated carbocycles. The van der Waals surface area contributed by atoms with Crippen molar-refractivity contribution in [3.63, 3.8) is 0 Å². The smallest absolute Gasteiger partial charge is 0.416 e. The molecule has 0 bridgehead atoms. The highest BCUT2D eigenvalue weighted by Crippen LogP contribution is 2.31. The Kier molecular flexibility index (Phi) is 6.90. The topological polar surface area (TPSA) is 106 Å². The number of allylic oxidation sites excluding steroid dienone is 1. The summed E-state index contributed by atoms with van der Waals surface area (Å²) in [6, 6.07) is 9.27. The van der Waals surface area contributed by atoms with Crippen LogP contribution >= 0.6 is 0 Å². The van der Waals surface area contributed by atoms with Crippen molar-refractivity contribution in [3.05, 3.63) is 70.9 Å². The summed E-state index contributed by atoms with van der Waals surface area (Å²) in [6.45, 7) is 1.09. The summed E-state index contributed by atoms with van der Waals surface area (Å²) in [7, 11) is 1.22. The SMILES string of the molecule is COC(=O)C1=C(C)NC(=O)N[C@H]1c1cccc(OCC(=O)Nc2cccc(C(F)(F)F)c2)c1. The number of ether oxygens (including phenoxy) is 2. The summed E-state index contributed by atoms with van der Waals surface area (Å²) in [5, 5.41) is 7.49. The zero-order chi connectivity index (χ0) is 24.2. The van der Waals surface area contributed by atoms with Crippen LogP contribution in [0.4, 0.5) is 23.7 Å². The lowest BCUT2D eigenvalue weighted by atomic mass is 9.95. The maximum Gasteiger partial charge on any atom is 0.416 e. The van der Waals surface area contributed by atoms with Gasteiger partial charge in [-0.3, -0.25) is 4.79 Å². The van der Waals surface area contributed by atoms with Gasteiger partial charge in [-0.05, 0) is 42.8 Å². The number of carbonyl (C=O) groups is 3. The van der Waals surface area contributed by atoms with Gasteiger partial charge in [-0.1, -0.05) is 18.2 Å². The third kappa shape index (κ3) is 5.82. The normalized spacial score (nSPS) is 15.9. The maximum absolute atomic E-state index is 12.8. The fourth-order valence-electron chi connectivity index (χ4n) is 3.23. The monoisotopic (exact) mass is 463 g/mol. The first-order chi connectivity index (χ1) is 15.6. The van der Waals surface area contributed by atoms with E-state index in [9.17, 15) is 27.6 Å². The van der Waals surface area contributed by atoms with E-state index in [2.05, 4.69) is 16.0 Å². The highest BCUT2D eigenvalue weighted by Gasteiger charge is 2.32. The first-order valence-corrected chi connectivity index (χ1v) is 9.65. The van der Waals surface area contributed by atoms with Crippen LogP contribution in [-0.4, -0.2) is 31.6 Å². The number of amides is 3. The number of hydrogen-bond donors (Lipinski definition) is 3. The van der Waals surface area contributed by atoms with Gasteiger partial charge in [0.2, 0.25) is 0 Å². The standard InChI is InChI=1S/C22H20F3N3O5/c1-12-18(20(30)32-2)19(28-21(31)26-12)13-5-3-8-16(9-13)33-11-17(29)27-15-7-4-6-14(10-15)22(23,24)25/h3-10,19H,11H2,1-2H3,(H,27,29)(H2,26,28,31)/t19-/m0/s1. The number of nitrogens with one attached hydrogen (secondary N) is 3. The zero-order valence-corrected chi connectivity index (χ0v) is 17.6. The molecule has 0 unspecified atom stereocenters. The Labute approximate surface area is 186 Å². The van der Waals surface area contributed by atoms with E-state index in [1.54, 1.807) is 25.1 Å². The molecule has 8 nitrogen and oxygen atoms in total. The summed E-state index contributed by atoms with van der Waals surface area (Å²) >= 11 is 0. The molecule has 0 fully saturated rings. The number of urea groups is 1. The Balaban J connectivity index is 1.70. The third-order valence-corrected chi connectivity index (χ3v) is 4.71. The van der Waals surface area contributed by atoms with Gasteiger partial charge in [0.1, 0.15) is 5.75 Å². The molecule has 0 aliphatic carbocycles. The van der Waals surface area contributed by atoms with E-state index in [4.69, 9.17) is 9.47 Å². The van der Waals surface area contributed by atoms with Crippen molar-refractivity contribution in [1.82, 2.24) is 10.6 Å². The summed E-state index contributed by atoms with van der Waals surface area (Å²) in [5.41, 5.74) is 0.134. The molecule has 3 rings (SSSR count). The Morgan fingerprint density at radius 2 is 1.85 bits per heavy atom. The van der Waals surface area contributed by atoms with Crippen LogP contribution in [0.5, 0.6) is 5.75 Å². The highest BCUT2D eigenvalue weighted by molar-refractivity contribution is 5.95. The van der Waals surface area contributed by atoms with Crippen LogP contribution in [0.15, 0.2) is 59.8 Å². The molecule has 1 aliphatic rings. The van der Waals surface area contributed by atoms with E-state index >= 15 is 0 Å². The lowest BCUT2D eigenvalue weighted by Gasteiger charge is -2.28. The van der Waals surface area contributed by atoms with Crippen molar-refractivity contribution in [1.29, 1.82) is 0 Å². The number of esters is 1. The highest BCUT2D eigenvalue weighted by atomic mass is 19.4. The number of rotatable bonds is 6. The molecule has 1 atom stereocenters. The van der Waals surface area contributed by atoms with Gasteiger partial charge in [0.05, 0.1) is 24.3 Å². The molecule has 2 aromatic rings. The van der Waals surface area contributed by atoms with Gasteiger partial charge in [-0.15, -0.1) is 0 Å². The van der Waals surface area contributed by atoms with E-state index in [1.165, 1.54) is 25.3 Å². The molecule has 2 aromatic carbocycles. The van der Waals surface area contributed by atoms with Crippen molar-refractivity contribution in [2.75, 3.05) is 19.0 Å². The predicted molar refractivity (Wildman–Crippen MR) is 111 cm³/mol. The number of alkyl halides is 3. The molecule has 0 spiro atoms. The van der Waals surface area contributed by atoms with Gasteiger partial charge in [0.15, 0.2) is 6.61 Å². The number of carbonyl (C=O) groups excluding carboxylic acids is 3. The summed E-state index contributed by atoms with van der Waals surface area (Å²) in [6.07, 6.45) is -4.53. The van der Waals surface area contributed by atoms with Crippen molar-refractivity contribution in [2.24, 2.45) is 0 Å². The average Bonchev–Trinajstić information content (AvgIpc) is 2.76. The van der Waals surface area contributed by atoms with Gasteiger partial charge in [-0.2, -0.15) is 13.2 Å². The van der Waals surface area contributed by atoms with Crippen molar-refractivity contribution >= 4 is 23.6 Å². The van der Waals surface area contributed by atoms with Crippen LogP contribution in [0.1, 0.15) is 24.1 Å². The second kappa shape index (κ2) is 9.63. The maximum atomic E-state index is 12.8. The Morgan fingerprint density at radius 3 is 2.55 bits per heavy atom. The number of hydrogen-bond acceptors (Lipinski definition) is 5. The predicted octanol–water partition coefficient (Wildman–Crippen LogP) is 3.52. The quantitative estimate of drug-likeness (QED) is 0.569. The lowest BCUT2D eigenvalue weighted by molar-refractivity contribution is -0.138. The molecule has 11 heteroatoms.